The molecule has 0 aromatic heterocycles. The smallest absolute Gasteiger partial charge is 0.182 e. The Morgan fingerprint density at radius 3 is 2.24 bits per heavy atom. The normalized spacial score (nSPS) is 25.7. The lowest BCUT2D eigenvalue weighted by atomic mass is 9.99. The van der Waals surface area contributed by atoms with E-state index in [0.29, 0.717) is 11.5 Å². The Morgan fingerprint density at radius 2 is 1.72 bits per heavy atom. The first-order valence-electron chi connectivity index (χ1n) is 8.58. The minimum Gasteiger partial charge on any atom is -0.384 e. The highest BCUT2D eigenvalue weighted by Crippen LogP contribution is 2.63. The summed E-state index contributed by atoms with van der Waals surface area (Å²) in [6.45, 7) is 2.71. The van der Waals surface area contributed by atoms with Gasteiger partial charge in [0, 0.05) is 25.0 Å². The van der Waals surface area contributed by atoms with E-state index in [0.717, 1.165) is 12.0 Å². The van der Waals surface area contributed by atoms with Crippen LogP contribution >= 0.6 is 0 Å². The summed E-state index contributed by atoms with van der Waals surface area (Å²) in [5.74, 6) is -0.145. The van der Waals surface area contributed by atoms with Crippen molar-refractivity contribution >= 4 is 9.84 Å². The van der Waals surface area contributed by atoms with Crippen LogP contribution in [0.1, 0.15) is 24.0 Å². The molecule has 0 spiro atoms. The first kappa shape index (κ1) is 18.1. The molecule has 2 aromatic rings. The minimum absolute atomic E-state index is 0.145. The van der Waals surface area contributed by atoms with Crippen LogP contribution in [-0.4, -0.2) is 33.9 Å². The summed E-state index contributed by atoms with van der Waals surface area (Å²) in [6, 6.07) is 16.8. The van der Waals surface area contributed by atoms with Gasteiger partial charge in [-0.2, -0.15) is 0 Å². The molecule has 5 heteroatoms. The van der Waals surface area contributed by atoms with E-state index >= 15 is 0 Å². The van der Waals surface area contributed by atoms with Crippen LogP contribution in [0.5, 0.6) is 0 Å². The fraction of sp³-hybridized carbons (Fsp3) is 0.400. The van der Waals surface area contributed by atoms with E-state index in [9.17, 15) is 8.42 Å². The molecule has 0 bridgehead atoms. The summed E-state index contributed by atoms with van der Waals surface area (Å²) in [5.41, 5.74) is 7.74. The molecule has 0 aliphatic heterocycles. The van der Waals surface area contributed by atoms with E-state index in [-0.39, 0.29) is 12.5 Å². The van der Waals surface area contributed by atoms with Crippen LogP contribution in [0.25, 0.3) is 0 Å². The third-order valence-electron chi connectivity index (χ3n) is 5.33. The number of methoxy groups -OCH3 is 1. The Balaban J connectivity index is 2.03. The highest BCUT2D eigenvalue weighted by molar-refractivity contribution is 7.92. The van der Waals surface area contributed by atoms with Crippen LogP contribution in [0, 0.1) is 5.41 Å². The van der Waals surface area contributed by atoms with Crippen molar-refractivity contribution in [1.82, 2.24) is 0 Å². The van der Waals surface area contributed by atoms with Crippen LogP contribution < -0.4 is 5.73 Å². The monoisotopic (exact) mass is 359 g/mol. The van der Waals surface area contributed by atoms with Gasteiger partial charge in [0.1, 0.15) is 0 Å². The highest BCUT2D eigenvalue weighted by atomic mass is 32.2. The molecule has 2 N–H and O–H groups in total. The van der Waals surface area contributed by atoms with E-state index in [4.69, 9.17) is 10.5 Å². The van der Waals surface area contributed by atoms with Gasteiger partial charge in [-0.25, -0.2) is 8.42 Å². The number of hydrogen-bond donors (Lipinski definition) is 1. The second-order valence-electron chi connectivity index (χ2n) is 6.72. The van der Waals surface area contributed by atoms with Gasteiger partial charge in [-0.1, -0.05) is 49.4 Å². The van der Waals surface area contributed by atoms with Crippen molar-refractivity contribution in [2.75, 3.05) is 20.3 Å². The molecule has 0 saturated heterocycles. The number of nitrogens with two attached hydrogens (primary N) is 1. The third-order valence-corrected chi connectivity index (χ3v) is 7.67. The molecule has 3 rings (SSSR count). The van der Waals surface area contributed by atoms with Crippen LogP contribution in [0.4, 0.5) is 0 Å². The molecule has 1 aliphatic carbocycles. The molecular weight excluding hydrogens is 334 g/mol. The molecule has 0 amide bonds. The van der Waals surface area contributed by atoms with Gasteiger partial charge in [-0.05, 0) is 29.7 Å². The summed E-state index contributed by atoms with van der Waals surface area (Å²) < 4.78 is 31.9. The quantitative estimate of drug-likeness (QED) is 0.825. The van der Waals surface area contributed by atoms with Crippen LogP contribution in [0.2, 0.25) is 0 Å². The van der Waals surface area contributed by atoms with E-state index in [2.05, 4.69) is 19.1 Å². The van der Waals surface area contributed by atoms with Crippen molar-refractivity contribution in [2.45, 2.75) is 29.4 Å². The zero-order chi connectivity index (χ0) is 18.1. The summed E-state index contributed by atoms with van der Waals surface area (Å²) in [7, 11) is -1.88. The fourth-order valence-electron chi connectivity index (χ4n) is 3.91. The molecule has 25 heavy (non-hydrogen) atoms. The average Bonchev–Trinajstić information content (AvgIpc) is 3.32. The average molecular weight is 359 g/mol. The second-order valence-corrected chi connectivity index (χ2v) is 8.79. The lowest BCUT2D eigenvalue weighted by Gasteiger charge is -2.15. The third kappa shape index (κ3) is 3.01. The topological polar surface area (TPSA) is 69.4 Å². The van der Waals surface area contributed by atoms with Gasteiger partial charge in [0.05, 0.1) is 16.8 Å². The number of hydrogen-bond acceptors (Lipinski definition) is 4. The summed E-state index contributed by atoms with van der Waals surface area (Å²) in [4.78, 5) is 0.349. The zero-order valence-corrected chi connectivity index (χ0v) is 15.5. The minimum atomic E-state index is -3.48. The fourth-order valence-corrected chi connectivity index (χ4v) is 6.37. The van der Waals surface area contributed by atoms with Gasteiger partial charge < -0.3 is 10.5 Å². The molecule has 2 aromatic carbocycles. The molecule has 0 unspecified atom stereocenters. The predicted molar refractivity (Wildman–Crippen MR) is 99.3 cm³/mol. The molecule has 1 fully saturated rings. The molecule has 0 heterocycles. The van der Waals surface area contributed by atoms with Gasteiger partial charge in [-0.15, -0.1) is 0 Å². The molecule has 0 radical (unpaired) electrons. The van der Waals surface area contributed by atoms with Gasteiger partial charge in [0.25, 0.3) is 0 Å². The number of rotatable bonds is 7. The maximum Gasteiger partial charge on any atom is 0.182 e. The Hall–Kier alpha value is -1.69. The molecule has 4 nitrogen and oxygen atoms in total. The van der Waals surface area contributed by atoms with Crippen molar-refractivity contribution in [3.05, 3.63) is 65.7 Å². The maximum atomic E-state index is 13.2. The van der Waals surface area contributed by atoms with Crippen LogP contribution in [0.3, 0.4) is 0 Å². The van der Waals surface area contributed by atoms with Gasteiger partial charge in [0.15, 0.2) is 9.84 Å². The van der Waals surface area contributed by atoms with Crippen LogP contribution in [0.15, 0.2) is 59.5 Å². The van der Waals surface area contributed by atoms with Gasteiger partial charge >= 0.3 is 0 Å². The van der Waals surface area contributed by atoms with Crippen molar-refractivity contribution in [3.63, 3.8) is 0 Å². The second kappa shape index (κ2) is 6.90. The van der Waals surface area contributed by atoms with E-state index < -0.39 is 20.5 Å². The largest absolute Gasteiger partial charge is 0.384 e. The van der Waals surface area contributed by atoms with Crippen molar-refractivity contribution < 1.29 is 13.2 Å². The Morgan fingerprint density at radius 1 is 1.08 bits per heavy atom. The Kier molecular flexibility index (Phi) is 5.00. The molecule has 1 saturated carbocycles. The van der Waals surface area contributed by atoms with Gasteiger partial charge in [-0.3, -0.25) is 0 Å². The number of aryl methyl sites for hydroxylation is 1. The number of benzene rings is 2. The Bertz CT molecular complexity index is 818. The number of sulfone groups is 1. The summed E-state index contributed by atoms with van der Waals surface area (Å²) in [5, 5.41) is -0.556. The van der Waals surface area contributed by atoms with E-state index in [1.165, 1.54) is 5.56 Å². The molecule has 134 valence electrons. The molecule has 1 aliphatic rings. The predicted octanol–water partition coefficient (Wildman–Crippen LogP) is 2.78. The summed E-state index contributed by atoms with van der Waals surface area (Å²) in [6.07, 6.45) is 0.955. The first-order valence-corrected chi connectivity index (χ1v) is 10.1. The van der Waals surface area contributed by atoms with E-state index in [1.54, 1.807) is 31.4 Å². The maximum absolute atomic E-state index is 13.2. The molecular formula is C20H25NO3S. The first-order chi connectivity index (χ1) is 12.0. The highest BCUT2D eigenvalue weighted by Gasteiger charge is 2.70. The Labute approximate surface area is 149 Å². The zero-order valence-electron chi connectivity index (χ0n) is 14.7. The SMILES string of the molecule is CCc1ccc([C@@H]2[C@@H](S(=O)(=O)c3ccccc3)[C@@]2(CN)COC)cc1. The number of ether oxygens (including phenoxy) is 1. The summed E-state index contributed by atoms with van der Waals surface area (Å²) >= 11 is 0. The van der Waals surface area contributed by atoms with Crippen molar-refractivity contribution in [2.24, 2.45) is 11.1 Å². The lowest BCUT2D eigenvalue weighted by Crippen LogP contribution is -2.28. The lowest BCUT2D eigenvalue weighted by molar-refractivity contribution is 0.142. The van der Waals surface area contributed by atoms with Gasteiger partial charge in [0.2, 0.25) is 0 Å². The van der Waals surface area contributed by atoms with Crippen molar-refractivity contribution in [1.29, 1.82) is 0 Å². The van der Waals surface area contributed by atoms with Crippen LogP contribution in [-0.2, 0) is 21.0 Å². The molecule has 3 atom stereocenters. The van der Waals surface area contributed by atoms with Crippen molar-refractivity contribution in [3.8, 4) is 0 Å². The van der Waals surface area contributed by atoms with E-state index in [1.807, 2.05) is 18.2 Å². The standard InChI is InChI=1S/C20H25NO3S/c1-3-15-9-11-16(12-10-15)18-19(20(18,13-21)14-24-2)25(22,23)17-7-5-4-6-8-17/h4-12,18-19H,3,13-14,21H2,1-2H3/t18-,19-,20+/m1/s1.